The van der Waals surface area contributed by atoms with Crippen LogP contribution in [0, 0.1) is 22.7 Å². The van der Waals surface area contributed by atoms with Crippen molar-refractivity contribution < 1.29 is 60.9 Å². The van der Waals surface area contributed by atoms with Crippen molar-refractivity contribution in [1.82, 2.24) is 4.90 Å². The molecular weight excluding hydrogens is 666 g/mol. The van der Waals surface area contributed by atoms with Gasteiger partial charge in [0.05, 0.1) is 11.3 Å². The molecular formula is C36H61F4NO9. The molecule has 0 rings (SSSR count). The summed E-state index contributed by atoms with van der Waals surface area (Å²) >= 11 is 0. The zero-order valence-corrected chi connectivity index (χ0v) is 32.6. The van der Waals surface area contributed by atoms with E-state index >= 15 is 4.39 Å². The third-order valence-electron chi connectivity index (χ3n) is 9.38. The van der Waals surface area contributed by atoms with Crippen LogP contribution in [0.15, 0.2) is 0 Å². The predicted octanol–water partition coefficient (Wildman–Crippen LogP) is 7.27. The fourth-order valence-corrected chi connectivity index (χ4v) is 5.29. The molecule has 0 saturated carbocycles. The van der Waals surface area contributed by atoms with E-state index in [1.165, 1.54) is 27.7 Å². The molecule has 0 fully saturated rings. The Labute approximate surface area is 295 Å². The Balaban J connectivity index is 6.81. The lowest BCUT2D eigenvalue weighted by molar-refractivity contribution is -0.262. The minimum atomic E-state index is -5.07. The molecule has 0 aromatic carbocycles. The van der Waals surface area contributed by atoms with Gasteiger partial charge in [0.25, 0.3) is 5.91 Å². The van der Waals surface area contributed by atoms with Crippen molar-refractivity contribution in [3.8, 4) is 0 Å². The van der Waals surface area contributed by atoms with Crippen molar-refractivity contribution in [2.75, 3.05) is 0 Å². The Morgan fingerprint density at radius 2 is 1.28 bits per heavy atom. The smallest absolute Gasteiger partial charge is 0.417 e. The largest absolute Gasteiger partial charge is 0.460 e. The number of ether oxygens (including phenoxy) is 3. The van der Waals surface area contributed by atoms with Crippen molar-refractivity contribution in [2.24, 2.45) is 22.7 Å². The van der Waals surface area contributed by atoms with Crippen molar-refractivity contribution >= 4 is 29.7 Å². The number of halogens is 4. The molecule has 0 heterocycles. The molecule has 0 spiro atoms. The Morgan fingerprint density at radius 3 is 1.66 bits per heavy atom. The Hall–Kier alpha value is -2.77. The minimum absolute atomic E-state index is 0.133. The van der Waals surface area contributed by atoms with Crippen LogP contribution in [0.5, 0.6) is 0 Å². The van der Waals surface area contributed by atoms with Gasteiger partial charge in [-0.2, -0.15) is 13.2 Å². The van der Waals surface area contributed by atoms with Crippen LogP contribution < -0.4 is 0 Å². The fourth-order valence-electron chi connectivity index (χ4n) is 5.29. The molecule has 14 heteroatoms. The van der Waals surface area contributed by atoms with Gasteiger partial charge in [-0.1, -0.05) is 48.5 Å². The van der Waals surface area contributed by atoms with Gasteiger partial charge < -0.3 is 19.3 Å². The van der Waals surface area contributed by atoms with Crippen LogP contribution in [0.3, 0.4) is 0 Å². The van der Waals surface area contributed by atoms with E-state index in [0.717, 1.165) is 11.8 Å². The number of rotatable bonds is 17. The lowest BCUT2D eigenvalue weighted by Crippen LogP contribution is -2.50. The number of alkyl halides is 4. The first kappa shape index (κ1) is 47.2. The maximum Gasteiger partial charge on any atom is 0.417 e. The molecule has 10 nitrogen and oxygen atoms in total. The highest BCUT2D eigenvalue weighted by Crippen LogP contribution is 2.43. The zero-order chi connectivity index (χ0) is 40.0. The minimum Gasteiger partial charge on any atom is -0.460 e. The summed E-state index contributed by atoms with van der Waals surface area (Å²) in [5.74, 6) is -6.29. The Kier molecular flexibility index (Phi) is 16.2. The quantitative estimate of drug-likeness (QED) is 0.0932. The van der Waals surface area contributed by atoms with E-state index in [4.69, 9.17) is 14.2 Å². The number of aliphatic hydroxyl groups is 1. The molecule has 0 aromatic heterocycles. The lowest BCUT2D eigenvalue weighted by Gasteiger charge is -2.40. The van der Waals surface area contributed by atoms with Crippen LogP contribution in [0.25, 0.3) is 0 Å². The average Bonchev–Trinajstić information content (AvgIpc) is 2.89. The van der Waals surface area contributed by atoms with Crippen LogP contribution in [0.2, 0.25) is 0 Å². The molecule has 0 radical (unpaired) electrons. The average molecular weight is 728 g/mol. The molecule has 0 aromatic rings. The van der Waals surface area contributed by atoms with Crippen LogP contribution >= 0.6 is 0 Å². The molecule has 0 aliphatic heterocycles. The van der Waals surface area contributed by atoms with Crippen molar-refractivity contribution in [3.63, 3.8) is 0 Å². The molecule has 6 atom stereocenters. The summed E-state index contributed by atoms with van der Waals surface area (Å²) < 4.78 is 74.0. The monoisotopic (exact) mass is 727 g/mol. The number of hydrogen-bond acceptors (Lipinski definition) is 9. The molecule has 0 saturated heterocycles. The van der Waals surface area contributed by atoms with Gasteiger partial charge in [-0.3, -0.25) is 24.1 Å². The molecule has 0 bridgehead atoms. The highest BCUT2D eigenvalue weighted by molar-refractivity contribution is 5.97. The number of esters is 3. The summed E-state index contributed by atoms with van der Waals surface area (Å²) in [6.07, 6.45) is -11.3. The Bertz CT molecular complexity index is 1210. The number of carbonyl (C=O) groups excluding carboxylic acids is 5. The molecule has 2 amide bonds. The molecule has 1 N–H and O–H groups in total. The van der Waals surface area contributed by atoms with Crippen molar-refractivity contribution in [1.29, 1.82) is 0 Å². The SMILES string of the molecule is CCC(F)(CC(C)(CC(C)C(=O)OC(C)(C)C(C)(C)C)C(=O)OC(C)C(=O)N(C(C)=O)C(C)C)C(=O)OC(CC(C)C)CC(C)(O)C(F)(F)F. The van der Waals surface area contributed by atoms with Gasteiger partial charge in [0.15, 0.2) is 11.7 Å². The summed E-state index contributed by atoms with van der Waals surface area (Å²) in [6.45, 7) is 22.3. The molecule has 50 heavy (non-hydrogen) atoms. The number of carbonyl (C=O) groups is 5. The first-order valence-electron chi connectivity index (χ1n) is 17.1. The molecule has 0 aliphatic rings. The summed E-state index contributed by atoms with van der Waals surface area (Å²) in [6, 6.07) is -0.584. The van der Waals surface area contributed by atoms with Crippen LogP contribution in [-0.2, 0) is 38.2 Å². The maximum atomic E-state index is 16.8. The summed E-state index contributed by atoms with van der Waals surface area (Å²) in [4.78, 5) is 66.9. The number of nitrogens with zero attached hydrogens (tertiary/aromatic N) is 1. The molecule has 6 unspecified atom stereocenters. The highest BCUT2D eigenvalue weighted by atomic mass is 19.4. The summed E-state index contributed by atoms with van der Waals surface area (Å²) in [7, 11) is 0. The third-order valence-corrected chi connectivity index (χ3v) is 9.38. The first-order chi connectivity index (χ1) is 22.2. The van der Waals surface area contributed by atoms with Crippen LogP contribution in [-0.4, -0.2) is 81.0 Å². The zero-order valence-electron chi connectivity index (χ0n) is 32.6. The number of imide groups is 1. The van der Waals surface area contributed by atoms with Crippen molar-refractivity contribution in [2.45, 2.75) is 177 Å². The van der Waals surface area contributed by atoms with Gasteiger partial charge in [0.1, 0.15) is 11.7 Å². The van der Waals surface area contributed by atoms with E-state index in [1.807, 2.05) is 20.8 Å². The van der Waals surface area contributed by atoms with Gasteiger partial charge in [-0.05, 0) is 73.6 Å². The second kappa shape index (κ2) is 17.2. The van der Waals surface area contributed by atoms with Gasteiger partial charge >= 0.3 is 24.1 Å². The van der Waals surface area contributed by atoms with Gasteiger partial charge in [0, 0.05) is 31.2 Å². The van der Waals surface area contributed by atoms with E-state index in [9.17, 15) is 42.3 Å². The van der Waals surface area contributed by atoms with E-state index in [0.29, 0.717) is 6.92 Å². The van der Waals surface area contributed by atoms with E-state index in [-0.39, 0.29) is 12.3 Å². The maximum absolute atomic E-state index is 16.8. The van der Waals surface area contributed by atoms with Crippen molar-refractivity contribution in [3.05, 3.63) is 0 Å². The summed E-state index contributed by atoms with van der Waals surface area (Å²) in [5.41, 5.74) is -9.71. The van der Waals surface area contributed by atoms with Gasteiger partial charge in [-0.25, -0.2) is 9.18 Å². The van der Waals surface area contributed by atoms with E-state index < -0.39 is 113 Å². The highest BCUT2D eigenvalue weighted by Gasteiger charge is 2.54. The predicted molar refractivity (Wildman–Crippen MR) is 179 cm³/mol. The normalized spacial score (nSPS) is 18.2. The van der Waals surface area contributed by atoms with Gasteiger partial charge in [-0.15, -0.1) is 0 Å². The van der Waals surface area contributed by atoms with E-state index in [1.54, 1.807) is 41.5 Å². The molecule has 0 aliphatic carbocycles. The van der Waals surface area contributed by atoms with Crippen LogP contribution in [0.1, 0.15) is 136 Å². The first-order valence-corrected chi connectivity index (χ1v) is 17.1. The van der Waals surface area contributed by atoms with Gasteiger partial charge in [0.2, 0.25) is 11.6 Å². The topological polar surface area (TPSA) is 137 Å². The van der Waals surface area contributed by atoms with Crippen LogP contribution in [0.4, 0.5) is 17.6 Å². The van der Waals surface area contributed by atoms with E-state index in [2.05, 4.69) is 0 Å². The lowest BCUT2D eigenvalue weighted by atomic mass is 9.72. The number of amides is 2. The third kappa shape index (κ3) is 12.8. The fraction of sp³-hybridized carbons (Fsp3) is 0.861. The molecule has 292 valence electrons. The second-order valence-corrected chi connectivity index (χ2v) is 16.3. The standard InChI is InChI=1S/C36H61F4NO9/c1-16-35(37,30(46)49-26(17-21(2)3)19-34(15,47)36(38,39)40)20-33(14,18-23(6)28(44)50-32(12,13)31(9,10)11)29(45)48-24(7)27(43)41(22(4)5)25(8)42/h21-24,26,47H,16-20H2,1-15H3. The second-order valence-electron chi connectivity index (χ2n) is 16.3. The number of hydrogen-bond donors (Lipinski definition) is 1. The summed E-state index contributed by atoms with van der Waals surface area (Å²) in [5, 5.41) is 10.1. The Morgan fingerprint density at radius 1 is 0.780 bits per heavy atom.